The average Bonchev–Trinajstić information content (AvgIpc) is 2.25. The summed E-state index contributed by atoms with van der Waals surface area (Å²) in [5, 5.41) is 3.00. The van der Waals surface area contributed by atoms with Crippen LogP contribution in [0.4, 0.5) is 0 Å². The number of carbonyl (C=O) groups is 1. The Morgan fingerprint density at radius 1 is 1.25 bits per heavy atom. The Hall–Kier alpha value is -0.0500. The Balaban J connectivity index is 3.73. The van der Waals surface area contributed by atoms with E-state index in [0.29, 0.717) is 23.1 Å². The predicted molar refractivity (Wildman–Crippen MR) is 73.9 cm³/mol. The number of nitrogens with one attached hydrogen (secondary N) is 1. The van der Waals surface area contributed by atoms with Crippen molar-refractivity contribution < 1.29 is 4.79 Å². The zero-order chi connectivity index (χ0) is 12.6. The second-order valence-electron chi connectivity index (χ2n) is 4.83. The highest BCUT2D eigenvalue weighted by Crippen LogP contribution is 2.19. The van der Waals surface area contributed by atoms with Gasteiger partial charge in [-0.05, 0) is 18.3 Å². The molecule has 1 amide bonds. The standard InChI is InChI=1S/C13H26BrNO/c1-5-11(6-2)12(14)9-15-13(16)8-7-10(3)4/h10-12H,5-9H2,1-4H3,(H,15,16). The minimum atomic E-state index is 0.184. The van der Waals surface area contributed by atoms with E-state index in [-0.39, 0.29) is 5.91 Å². The van der Waals surface area contributed by atoms with Crippen LogP contribution >= 0.6 is 15.9 Å². The Morgan fingerprint density at radius 2 is 1.81 bits per heavy atom. The lowest BCUT2D eigenvalue weighted by atomic mass is 9.99. The van der Waals surface area contributed by atoms with Crippen LogP contribution in [-0.4, -0.2) is 17.3 Å². The fourth-order valence-electron chi connectivity index (χ4n) is 1.69. The molecule has 1 N–H and O–H groups in total. The number of rotatable bonds is 8. The van der Waals surface area contributed by atoms with Crippen molar-refractivity contribution in [3.8, 4) is 0 Å². The first kappa shape index (κ1) is 16.0. The normalized spacial score (nSPS) is 13.2. The molecule has 0 radical (unpaired) electrons. The minimum Gasteiger partial charge on any atom is -0.355 e. The molecule has 3 heteroatoms. The topological polar surface area (TPSA) is 29.1 Å². The van der Waals surface area contributed by atoms with Crippen LogP contribution in [0.1, 0.15) is 53.4 Å². The smallest absolute Gasteiger partial charge is 0.220 e. The Labute approximate surface area is 109 Å². The van der Waals surface area contributed by atoms with Crippen molar-refractivity contribution in [3.05, 3.63) is 0 Å². The Kier molecular flexibility index (Phi) is 9.00. The second kappa shape index (κ2) is 9.03. The number of hydrogen-bond donors (Lipinski definition) is 1. The molecule has 0 aromatic rings. The van der Waals surface area contributed by atoms with Crippen molar-refractivity contribution in [2.45, 2.75) is 58.2 Å². The van der Waals surface area contributed by atoms with Gasteiger partial charge in [0.05, 0.1) is 0 Å². The molecule has 0 bridgehead atoms. The number of hydrogen-bond acceptors (Lipinski definition) is 1. The molecule has 0 aliphatic carbocycles. The molecule has 96 valence electrons. The van der Waals surface area contributed by atoms with E-state index in [9.17, 15) is 4.79 Å². The van der Waals surface area contributed by atoms with Gasteiger partial charge in [-0.1, -0.05) is 56.5 Å². The van der Waals surface area contributed by atoms with Crippen LogP contribution in [0, 0.1) is 11.8 Å². The van der Waals surface area contributed by atoms with E-state index in [4.69, 9.17) is 0 Å². The van der Waals surface area contributed by atoms with E-state index in [1.54, 1.807) is 0 Å². The first-order valence-electron chi connectivity index (χ1n) is 6.41. The van der Waals surface area contributed by atoms with Gasteiger partial charge in [-0.25, -0.2) is 0 Å². The highest BCUT2D eigenvalue weighted by Gasteiger charge is 2.15. The van der Waals surface area contributed by atoms with E-state index in [1.807, 2.05) is 0 Å². The molecule has 1 unspecified atom stereocenters. The van der Waals surface area contributed by atoms with Gasteiger partial charge in [-0.3, -0.25) is 4.79 Å². The molecular formula is C13H26BrNO. The molecule has 16 heavy (non-hydrogen) atoms. The first-order valence-corrected chi connectivity index (χ1v) is 7.33. The van der Waals surface area contributed by atoms with Gasteiger partial charge in [0.2, 0.25) is 5.91 Å². The van der Waals surface area contributed by atoms with Crippen LogP contribution in [0.3, 0.4) is 0 Å². The largest absolute Gasteiger partial charge is 0.355 e. The zero-order valence-electron chi connectivity index (χ0n) is 11.1. The van der Waals surface area contributed by atoms with Gasteiger partial charge in [0, 0.05) is 17.8 Å². The van der Waals surface area contributed by atoms with Crippen LogP contribution in [0.5, 0.6) is 0 Å². The average molecular weight is 292 g/mol. The monoisotopic (exact) mass is 291 g/mol. The third kappa shape index (κ3) is 7.26. The SMILES string of the molecule is CCC(CC)C(Br)CNC(=O)CCC(C)C. The van der Waals surface area contributed by atoms with Gasteiger partial charge in [-0.2, -0.15) is 0 Å². The van der Waals surface area contributed by atoms with Crippen LogP contribution in [0.25, 0.3) is 0 Å². The minimum absolute atomic E-state index is 0.184. The quantitative estimate of drug-likeness (QED) is 0.678. The number of halogens is 1. The first-order chi connectivity index (χ1) is 7.51. The lowest BCUT2D eigenvalue weighted by molar-refractivity contribution is -0.121. The number of alkyl halides is 1. The van der Waals surface area contributed by atoms with Crippen molar-refractivity contribution in [3.63, 3.8) is 0 Å². The maximum atomic E-state index is 11.5. The highest BCUT2D eigenvalue weighted by atomic mass is 79.9. The van der Waals surface area contributed by atoms with Crippen molar-refractivity contribution in [2.24, 2.45) is 11.8 Å². The maximum absolute atomic E-state index is 11.5. The predicted octanol–water partition coefficient (Wildman–Crippen LogP) is 3.74. The van der Waals surface area contributed by atoms with Gasteiger partial charge >= 0.3 is 0 Å². The van der Waals surface area contributed by atoms with Crippen LogP contribution in [0.2, 0.25) is 0 Å². The van der Waals surface area contributed by atoms with E-state index < -0.39 is 0 Å². The Bertz CT molecular complexity index is 190. The molecule has 0 saturated carbocycles. The molecule has 0 saturated heterocycles. The molecule has 0 aliphatic heterocycles. The molecule has 2 nitrogen and oxygen atoms in total. The fraction of sp³-hybridized carbons (Fsp3) is 0.923. The molecule has 0 aromatic carbocycles. The van der Waals surface area contributed by atoms with Gasteiger partial charge in [0.1, 0.15) is 0 Å². The lowest BCUT2D eigenvalue weighted by Crippen LogP contribution is -2.32. The van der Waals surface area contributed by atoms with E-state index >= 15 is 0 Å². The van der Waals surface area contributed by atoms with Gasteiger partial charge in [0.25, 0.3) is 0 Å². The van der Waals surface area contributed by atoms with Crippen molar-refractivity contribution >= 4 is 21.8 Å². The molecular weight excluding hydrogens is 266 g/mol. The molecule has 0 spiro atoms. The molecule has 1 atom stereocenters. The van der Waals surface area contributed by atoms with Gasteiger partial charge < -0.3 is 5.32 Å². The van der Waals surface area contributed by atoms with E-state index in [0.717, 1.165) is 25.8 Å². The second-order valence-corrected chi connectivity index (χ2v) is 6.01. The van der Waals surface area contributed by atoms with E-state index in [1.165, 1.54) is 0 Å². The van der Waals surface area contributed by atoms with Crippen LogP contribution in [0.15, 0.2) is 0 Å². The summed E-state index contributed by atoms with van der Waals surface area (Å²) in [6.45, 7) is 9.44. The summed E-state index contributed by atoms with van der Waals surface area (Å²) in [5.41, 5.74) is 0. The summed E-state index contributed by atoms with van der Waals surface area (Å²) >= 11 is 3.66. The van der Waals surface area contributed by atoms with Gasteiger partial charge in [-0.15, -0.1) is 0 Å². The van der Waals surface area contributed by atoms with Crippen LogP contribution in [-0.2, 0) is 4.79 Å². The molecule has 0 aliphatic rings. The van der Waals surface area contributed by atoms with Crippen molar-refractivity contribution in [1.29, 1.82) is 0 Å². The van der Waals surface area contributed by atoms with Crippen LogP contribution < -0.4 is 5.32 Å². The van der Waals surface area contributed by atoms with Crippen molar-refractivity contribution in [1.82, 2.24) is 5.32 Å². The Morgan fingerprint density at radius 3 is 2.25 bits per heavy atom. The third-order valence-corrected chi connectivity index (χ3v) is 4.07. The zero-order valence-corrected chi connectivity index (χ0v) is 12.6. The lowest BCUT2D eigenvalue weighted by Gasteiger charge is -2.20. The number of amides is 1. The summed E-state index contributed by atoms with van der Waals surface area (Å²) in [7, 11) is 0. The van der Waals surface area contributed by atoms with E-state index in [2.05, 4.69) is 48.9 Å². The molecule has 0 fully saturated rings. The third-order valence-electron chi connectivity index (χ3n) is 3.00. The summed E-state index contributed by atoms with van der Waals surface area (Å²) < 4.78 is 0. The summed E-state index contributed by atoms with van der Waals surface area (Å²) in [6, 6.07) is 0. The molecule has 0 rings (SSSR count). The van der Waals surface area contributed by atoms with Crippen molar-refractivity contribution in [2.75, 3.05) is 6.54 Å². The molecule has 0 heterocycles. The molecule has 0 aromatic heterocycles. The summed E-state index contributed by atoms with van der Waals surface area (Å²) in [5.74, 6) is 1.44. The maximum Gasteiger partial charge on any atom is 0.220 e. The summed E-state index contributed by atoms with van der Waals surface area (Å²) in [4.78, 5) is 11.9. The fourth-order valence-corrected chi connectivity index (χ4v) is 2.60. The highest BCUT2D eigenvalue weighted by molar-refractivity contribution is 9.09. The van der Waals surface area contributed by atoms with Gasteiger partial charge in [0.15, 0.2) is 0 Å². The number of carbonyl (C=O) groups excluding carboxylic acids is 1. The summed E-state index contributed by atoms with van der Waals surface area (Å²) in [6.07, 6.45) is 3.95.